The number of pyridine rings is 1. The molecule has 0 bridgehead atoms. The first kappa shape index (κ1) is 16.6. The first-order valence-electron chi connectivity index (χ1n) is 7.46. The quantitative estimate of drug-likeness (QED) is 0.882. The molecule has 2 aromatic rings. The molecule has 7 heteroatoms. The second-order valence-electron chi connectivity index (χ2n) is 6.09. The molecule has 0 unspecified atom stereocenters. The van der Waals surface area contributed by atoms with E-state index in [1.807, 2.05) is 36.4 Å². The lowest BCUT2D eigenvalue weighted by molar-refractivity contribution is -0.0575. The molecule has 1 saturated heterocycles. The van der Waals surface area contributed by atoms with Crippen molar-refractivity contribution in [1.29, 1.82) is 0 Å². The van der Waals surface area contributed by atoms with E-state index in [1.165, 1.54) is 0 Å². The molecule has 1 N–H and O–H groups in total. The molecule has 3 rings (SSSR count). The van der Waals surface area contributed by atoms with Crippen LogP contribution >= 0.6 is 0 Å². The van der Waals surface area contributed by atoms with Gasteiger partial charge in [-0.15, -0.1) is 0 Å². The third-order valence-corrected chi connectivity index (χ3v) is 4.85. The normalized spacial score (nSPS) is 16.2. The number of amides is 1. The number of nitrogens with zero attached hydrogens (tertiary/aromatic N) is 1. The summed E-state index contributed by atoms with van der Waals surface area (Å²) in [6.07, 6.45) is 2.71. The van der Waals surface area contributed by atoms with E-state index in [-0.39, 0.29) is 24.7 Å². The molecule has 0 aliphatic carbocycles. The second-order valence-corrected chi connectivity index (χ2v) is 8.23. The van der Waals surface area contributed by atoms with E-state index in [9.17, 15) is 13.2 Å². The molecule has 1 fully saturated rings. The second kappa shape index (κ2) is 6.33. The van der Waals surface area contributed by atoms with Crippen molar-refractivity contribution in [1.82, 2.24) is 10.3 Å². The summed E-state index contributed by atoms with van der Waals surface area (Å²) >= 11 is 0. The summed E-state index contributed by atoms with van der Waals surface area (Å²) in [7, 11) is -3.24. The lowest BCUT2D eigenvalue weighted by atomic mass is 9.99. The highest BCUT2D eigenvalue weighted by molar-refractivity contribution is 7.90. The first-order valence-corrected chi connectivity index (χ1v) is 9.52. The Morgan fingerprint density at radius 3 is 2.50 bits per heavy atom. The van der Waals surface area contributed by atoms with Crippen molar-refractivity contribution in [3.8, 4) is 11.1 Å². The van der Waals surface area contributed by atoms with E-state index in [1.54, 1.807) is 12.3 Å². The molecule has 1 aliphatic rings. The fraction of sp³-hybridized carbons (Fsp3) is 0.294. The molecule has 6 nitrogen and oxygen atoms in total. The zero-order chi connectivity index (χ0) is 17.2. The number of hydrogen-bond acceptors (Lipinski definition) is 5. The van der Waals surface area contributed by atoms with Gasteiger partial charge in [0.1, 0.15) is 21.1 Å². The van der Waals surface area contributed by atoms with Crippen LogP contribution in [-0.4, -0.2) is 50.1 Å². The number of aromatic nitrogens is 1. The topological polar surface area (TPSA) is 85.4 Å². The van der Waals surface area contributed by atoms with E-state index >= 15 is 0 Å². The Hall–Kier alpha value is -2.25. The molecule has 1 aromatic carbocycles. The van der Waals surface area contributed by atoms with Gasteiger partial charge < -0.3 is 10.1 Å². The zero-order valence-corrected chi connectivity index (χ0v) is 14.0. The van der Waals surface area contributed by atoms with Crippen LogP contribution in [0.3, 0.4) is 0 Å². The summed E-state index contributed by atoms with van der Waals surface area (Å²) in [5.41, 5.74) is 1.23. The predicted molar refractivity (Wildman–Crippen MR) is 90.4 cm³/mol. The molecule has 1 aromatic heterocycles. The first-order chi connectivity index (χ1) is 11.4. The van der Waals surface area contributed by atoms with Gasteiger partial charge in [-0.25, -0.2) is 8.42 Å². The number of rotatable bonds is 5. The predicted octanol–water partition coefficient (Wildman–Crippen LogP) is 1.29. The maximum Gasteiger partial charge on any atom is 0.270 e. The third-order valence-electron chi connectivity index (χ3n) is 3.77. The van der Waals surface area contributed by atoms with Crippen LogP contribution < -0.4 is 5.32 Å². The van der Waals surface area contributed by atoms with E-state index in [0.29, 0.717) is 0 Å². The van der Waals surface area contributed by atoms with Gasteiger partial charge in [-0.1, -0.05) is 30.3 Å². The number of hydrogen-bond donors (Lipinski definition) is 1. The lowest BCUT2D eigenvalue weighted by Crippen LogP contribution is -2.65. The molecule has 2 heterocycles. The van der Waals surface area contributed by atoms with Crippen molar-refractivity contribution in [3.63, 3.8) is 0 Å². The van der Waals surface area contributed by atoms with Gasteiger partial charge in [-0.2, -0.15) is 0 Å². The summed E-state index contributed by atoms with van der Waals surface area (Å²) in [6.45, 7) is 0.369. The Morgan fingerprint density at radius 1 is 1.21 bits per heavy atom. The third kappa shape index (κ3) is 3.80. The Labute approximate surface area is 140 Å². The molecule has 24 heavy (non-hydrogen) atoms. The van der Waals surface area contributed by atoms with Gasteiger partial charge in [0.05, 0.1) is 19.0 Å². The van der Waals surface area contributed by atoms with E-state index < -0.39 is 21.3 Å². The Morgan fingerprint density at radius 2 is 1.92 bits per heavy atom. The molecule has 126 valence electrons. The summed E-state index contributed by atoms with van der Waals surface area (Å²) in [4.78, 5) is 16.6. The lowest BCUT2D eigenvalue weighted by Gasteiger charge is -2.41. The Kier molecular flexibility index (Phi) is 4.38. The molecule has 1 aliphatic heterocycles. The number of carbonyl (C=O) groups excluding carboxylic acids is 1. The fourth-order valence-electron chi connectivity index (χ4n) is 2.71. The number of benzene rings is 1. The summed E-state index contributed by atoms with van der Waals surface area (Å²) in [5.74, 6) is -0.552. The smallest absolute Gasteiger partial charge is 0.270 e. The largest absolute Gasteiger partial charge is 0.376 e. The number of sulfone groups is 1. The van der Waals surface area contributed by atoms with E-state index in [2.05, 4.69) is 10.3 Å². The van der Waals surface area contributed by atoms with Gasteiger partial charge in [-0.3, -0.25) is 9.78 Å². The molecule has 0 spiro atoms. The van der Waals surface area contributed by atoms with Crippen LogP contribution in [0.25, 0.3) is 11.1 Å². The number of carbonyl (C=O) groups is 1. The molecular formula is C17H18N2O4S. The van der Waals surface area contributed by atoms with Crippen molar-refractivity contribution in [2.45, 2.75) is 5.54 Å². The van der Waals surface area contributed by atoms with Crippen molar-refractivity contribution >= 4 is 15.7 Å². The average molecular weight is 346 g/mol. The number of ether oxygens (including phenoxy) is 1. The number of nitrogens with one attached hydrogen (secondary N) is 1. The summed E-state index contributed by atoms with van der Waals surface area (Å²) in [5, 5.41) is 2.78. The maximum absolute atomic E-state index is 12.5. The molecule has 0 radical (unpaired) electrons. The van der Waals surface area contributed by atoms with Crippen molar-refractivity contribution < 1.29 is 17.9 Å². The standard InChI is InChI=1S/C17H18N2O4S/c1-24(21,22)12-17(10-23-11-17)19-16(20)15-9-14(7-8-18-15)13-5-3-2-4-6-13/h2-9H,10-12H2,1H3,(H,19,20). The van der Waals surface area contributed by atoms with Gasteiger partial charge in [0.2, 0.25) is 0 Å². The Bertz CT molecular complexity index is 846. The van der Waals surface area contributed by atoms with Crippen LogP contribution in [0.2, 0.25) is 0 Å². The highest BCUT2D eigenvalue weighted by atomic mass is 32.2. The average Bonchev–Trinajstić information content (AvgIpc) is 2.52. The minimum atomic E-state index is -3.24. The Balaban J connectivity index is 1.81. The minimum absolute atomic E-state index is 0.149. The highest BCUT2D eigenvalue weighted by Gasteiger charge is 2.43. The molecule has 0 atom stereocenters. The molecule has 0 saturated carbocycles. The fourth-order valence-corrected chi connectivity index (χ4v) is 3.95. The highest BCUT2D eigenvalue weighted by Crippen LogP contribution is 2.22. The van der Waals surface area contributed by atoms with Gasteiger partial charge in [0, 0.05) is 12.5 Å². The monoisotopic (exact) mass is 346 g/mol. The minimum Gasteiger partial charge on any atom is -0.376 e. The SMILES string of the molecule is CS(=O)(=O)CC1(NC(=O)c2cc(-c3ccccc3)ccn2)COC1. The van der Waals surface area contributed by atoms with E-state index in [4.69, 9.17) is 4.74 Å². The van der Waals surface area contributed by atoms with Gasteiger partial charge >= 0.3 is 0 Å². The van der Waals surface area contributed by atoms with Crippen LogP contribution in [0.5, 0.6) is 0 Å². The van der Waals surface area contributed by atoms with Crippen molar-refractivity contribution in [2.24, 2.45) is 0 Å². The van der Waals surface area contributed by atoms with Gasteiger partial charge in [-0.05, 0) is 23.3 Å². The van der Waals surface area contributed by atoms with Crippen molar-refractivity contribution in [3.05, 3.63) is 54.4 Å². The maximum atomic E-state index is 12.5. The van der Waals surface area contributed by atoms with Crippen LogP contribution in [-0.2, 0) is 14.6 Å². The van der Waals surface area contributed by atoms with Crippen LogP contribution in [0.1, 0.15) is 10.5 Å². The van der Waals surface area contributed by atoms with Gasteiger partial charge in [0.25, 0.3) is 5.91 Å². The molecular weight excluding hydrogens is 328 g/mol. The molecule has 1 amide bonds. The van der Waals surface area contributed by atoms with Crippen LogP contribution in [0, 0.1) is 0 Å². The van der Waals surface area contributed by atoms with Crippen LogP contribution in [0.4, 0.5) is 0 Å². The van der Waals surface area contributed by atoms with Crippen LogP contribution in [0.15, 0.2) is 48.7 Å². The van der Waals surface area contributed by atoms with E-state index in [0.717, 1.165) is 17.4 Å². The van der Waals surface area contributed by atoms with Gasteiger partial charge in [0.15, 0.2) is 0 Å². The summed E-state index contributed by atoms with van der Waals surface area (Å²) < 4.78 is 28.3. The zero-order valence-electron chi connectivity index (χ0n) is 13.2. The summed E-state index contributed by atoms with van der Waals surface area (Å²) in [6, 6.07) is 13.2. The van der Waals surface area contributed by atoms with Crippen molar-refractivity contribution in [2.75, 3.05) is 25.2 Å².